The van der Waals surface area contributed by atoms with Gasteiger partial charge in [0.05, 0.1) is 0 Å². The lowest BCUT2D eigenvalue weighted by Gasteiger charge is -1.87. The Labute approximate surface area is 57.0 Å². The van der Waals surface area contributed by atoms with Crippen LogP contribution in [-0.4, -0.2) is 0 Å². The van der Waals surface area contributed by atoms with Crippen molar-refractivity contribution in [2.24, 2.45) is 5.73 Å². The Morgan fingerprint density at radius 2 is 2.33 bits per heavy atom. The van der Waals surface area contributed by atoms with Gasteiger partial charge in [0, 0.05) is 13.5 Å². The van der Waals surface area contributed by atoms with Crippen LogP contribution in [0.15, 0.2) is 35.6 Å². The van der Waals surface area contributed by atoms with Gasteiger partial charge in [-0.05, 0) is 13.0 Å². The maximum Gasteiger partial charge on any atom is 0.0119 e. The zero-order valence-electron chi connectivity index (χ0n) is 5.59. The molecule has 0 saturated carbocycles. The smallest absolute Gasteiger partial charge is 0.0119 e. The molecule has 0 spiro atoms. The van der Waals surface area contributed by atoms with Crippen molar-refractivity contribution in [1.29, 1.82) is 0 Å². The molecule has 0 radical (unpaired) electrons. The number of allylic oxidation sites excluding steroid dienone is 5. The van der Waals surface area contributed by atoms with Crippen molar-refractivity contribution in [2.45, 2.75) is 13.3 Å². The Kier molecular flexibility index (Phi) is 1.73. The molecule has 9 heavy (non-hydrogen) atoms. The summed E-state index contributed by atoms with van der Waals surface area (Å²) in [6.07, 6.45) is 9.02. The van der Waals surface area contributed by atoms with E-state index in [2.05, 4.69) is 19.1 Å². The molecule has 0 heterocycles. The highest BCUT2D eigenvalue weighted by Gasteiger charge is 1.88. The van der Waals surface area contributed by atoms with E-state index in [0.717, 1.165) is 12.1 Å². The van der Waals surface area contributed by atoms with Gasteiger partial charge >= 0.3 is 0 Å². The van der Waals surface area contributed by atoms with E-state index in [1.807, 2.05) is 12.2 Å². The first-order chi connectivity index (χ1) is 4.29. The van der Waals surface area contributed by atoms with Crippen LogP contribution in [-0.2, 0) is 0 Å². The summed E-state index contributed by atoms with van der Waals surface area (Å²) >= 11 is 0. The lowest BCUT2D eigenvalue weighted by Crippen LogP contribution is -1.92. The first kappa shape index (κ1) is 6.14. The fraction of sp³-hybridized carbons (Fsp3) is 0.250. The minimum atomic E-state index is 0. The van der Waals surface area contributed by atoms with Crippen LogP contribution in [0.3, 0.4) is 0 Å². The van der Waals surface area contributed by atoms with Gasteiger partial charge in [-0.2, -0.15) is 0 Å². The molecule has 1 aliphatic rings. The van der Waals surface area contributed by atoms with Crippen LogP contribution in [0, 0.1) is 0 Å². The van der Waals surface area contributed by atoms with Gasteiger partial charge in [0.1, 0.15) is 0 Å². The maximum atomic E-state index is 5.56. The third kappa shape index (κ3) is 1.76. The number of hydrogen-bond acceptors (Lipinski definition) is 1. The summed E-state index contributed by atoms with van der Waals surface area (Å²) in [5, 5.41) is 0. The number of nitrogens with two attached hydrogens (primary N) is 1. The average Bonchev–Trinajstić information content (AvgIpc) is 1.97. The lowest BCUT2D eigenvalue weighted by molar-refractivity contribution is 1.17. The number of hydrogen-bond donors (Lipinski definition) is 1. The SMILES string of the molecule is CC1=CC=C(N)CC=C1.[HH]. The summed E-state index contributed by atoms with van der Waals surface area (Å²) in [7, 11) is 0. The van der Waals surface area contributed by atoms with E-state index in [9.17, 15) is 0 Å². The van der Waals surface area contributed by atoms with Crippen molar-refractivity contribution in [3.05, 3.63) is 35.6 Å². The van der Waals surface area contributed by atoms with Crippen LogP contribution in [0.2, 0.25) is 0 Å². The summed E-state index contributed by atoms with van der Waals surface area (Å²) in [4.78, 5) is 0. The monoisotopic (exact) mass is 123 g/mol. The van der Waals surface area contributed by atoms with Gasteiger partial charge < -0.3 is 5.73 Å². The molecular weight excluding hydrogens is 110 g/mol. The molecule has 2 N–H and O–H groups in total. The second-order valence-corrected chi connectivity index (χ2v) is 2.26. The molecule has 0 aromatic heterocycles. The van der Waals surface area contributed by atoms with E-state index in [-0.39, 0.29) is 1.43 Å². The molecule has 0 aromatic rings. The van der Waals surface area contributed by atoms with Crippen LogP contribution in [0.25, 0.3) is 0 Å². The topological polar surface area (TPSA) is 26.0 Å². The molecule has 0 saturated heterocycles. The Hall–Kier alpha value is -0.980. The second-order valence-electron chi connectivity index (χ2n) is 2.26. The largest absolute Gasteiger partial charge is 0.402 e. The van der Waals surface area contributed by atoms with E-state index in [1.54, 1.807) is 0 Å². The summed E-state index contributed by atoms with van der Waals surface area (Å²) in [5.74, 6) is 0. The van der Waals surface area contributed by atoms with Crippen molar-refractivity contribution in [3.8, 4) is 0 Å². The van der Waals surface area contributed by atoms with Crippen molar-refractivity contribution in [3.63, 3.8) is 0 Å². The van der Waals surface area contributed by atoms with E-state index in [0.29, 0.717) is 0 Å². The molecule has 1 heteroatoms. The zero-order valence-corrected chi connectivity index (χ0v) is 5.59. The second kappa shape index (κ2) is 2.53. The van der Waals surface area contributed by atoms with E-state index in [4.69, 9.17) is 5.73 Å². The third-order valence-electron chi connectivity index (χ3n) is 1.29. The number of rotatable bonds is 0. The van der Waals surface area contributed by atoms with Crippen molar-refractivity contribution >= 4 is 0 Å². The molecule has 0 atom stereocenters. The standard InChI is InChI=1S/C8H11N.H2/c1-7-3-2-4-8(9)6-5-7;/h2-3,5-6H,4,9H2,1H3;1H. The van der Waals surface area contributed by atoms with Gasteiger partial charge in [-0.1, -0.05) is 23.8 Å². The Morgan fingerprint density at radius 1 is 1.56 bits per heavy atom. The fourth-order valence-electron chi connectivity index (χ4n) is 0.743. The van der Waals surface area contributed by atoms with Gasteiger partial charge in [0.25, 0.3) is 0 Å². The summed E-state index contributed by atoms with van der Waals surface area (Å²) in [6, 6.07) is 0. The van der Waals surface area contributed by atoms with Gasteiger partial charge in [0.15, 0.2) is 0 Å². The van der Waals surface area contributed by atoms with Crippen LogP contribution in [0.1, 0.15) is 14.8 Å². The van der Waals surface area contributed by atoms with Gasteiger partial charge in [-0.3, -0.25) is 0 Å². The molecule has 1 rings (SSSR count). The van der Waals surface area contributed by atoms with E-state index >= 15 is 0 Å². The predicted octanol–water partition coefficient (Wildman–Crippen LogP) is 1.98. The van der Waals surface area contributed by atoms with Crippen LogP contribution >= 0.6 is 0 Å². The lowest BCUT2D eigenvalue weighted by atomic mass is 10.3. The van der Waals surface area contributed by atoms with Gasteiger partial charge in [-0.15, -0.1) is 0 Å². The minimum absolute atomic E-state index is 0. The van der Waals surface area contributed by atoms with Gasteiger partial charge in [0.2, 0.25) is 0 Å². The van der Waals surface area contributed by atoms with Crippen LogP contribution < -0.4 is 5.73 Å². The predicted molar refractivity (Wildman–Crippen MR) is 41.9 cm³/mol. The molecule has 1 nitrogen and oxygen atoms in total. The van der Waals surface area contributed by atoms with E-state index in [1.165, 1.54) is 5.57 Å². The normalized spacial score (nSPS) is 18.3. The van der Waals surface area contributed by atoms with Crippen LogP contribution in [0.5, 0.6) is 0 Å². The molecule has 50 valence electrons. The zero-order chi connectivity index (χ0) is 6.69. The van der Waals surface area contributed by atoms with Gasteiger partial charge in [-0.25, -0.2) is 0 Å². The fourth-order valence-corrected chi connectivity index (χ4v) is 0.743. The molecule has 0 aliphatic heterocycles. The molecule has 0 bridgehead atoms. The van der Waals surface area contributed by atoms with Crippen molar-refractivity contribution in [2.75, 3.05) is 0 Å². The Balaban J connectivity index is 0.000000810. The summed E-state index contributed by atoms with van der Waals surface area (Å²) < 4.78 is 0. The molecule has 0 unspecified atom stereocenters. The highest BCUT2D eigenvalue weighted by atomic mass is 14.6. The molecule has 0 aromatic carbocycles. The molecular formula is C8H13N. The highest BCUT2D eigenvalue weighted by molar-refractivity contribution is 5.28. The van der Waals surface area contributed by atoms with Crippen molar-refractivity contribution < 1.29 is 1.43 Å². The Morgan fingerprint density at radius 3 is 3.11 bits per heavy atom. The quantitative estimate of drug-likeness (QED) is 0.523. The minimum Gasteiger partial charge on any atom is -0.402 e. The summed E-state index contributed by atoms with van der Waals surface area (Å²) in [5.41, 5.74) is 7.76. The molecule has 0 amide bonds. The molecule has 0 fully saturated rings. The maximum absolute atomic E-state index is 5.56. The highest BCUT2D eigenvalue weighted by Crippen LogP contribution is 2.05. The molecule has 1 aliphatic carbocycles. The van der Waals surface area contributed by atoms with Crippen LogP contribution in [0.4, 0.5) is 0 Å². The first-order valence-electron chi connectivity index (χ1n) is 3.08. The first-order valence-corrected chi connectivity index (χ1v) is 3.08. The van der Waals surface area contributed by atoms with E-state index < -0.39 is 0 Å². The van der Waals surface area contributed by atoms with Crippen molar-refractivity contribution in [1.82, 2.24) is 0 Å². The average molecular weight is 123 g/mol. The third-order valence-corrected chi connectivity index (χ3v) is 1.29. The Bertz CT molecular complexity index is 189. The summed E-state index contributed by atoms with van der Waals surface area (Å²) in [6.45, 7) is 2.06.